The molecular weight excluding hydrogens is 320 g/mol. The number of hydrogen-bond donors (Lipinski definition) is 0. The molecule has 3 rings (SSSR count). The normalized spacial score (nSPS) is 11.7. The highest BCUT2D eigenvalue weighted by Crippen LogP contribution is 2.20. The summed E-state index contributed by atoms with van der Waals surface area (Å²) in [6.07, 6.45) is 5.09. The fourth-order valence-corrected chi connectivity index (χ4v) is 2.85. The zero-order chi connectivity index (χ0) is 16.8. The van der Waals surface area contributed by atoms with Crippen molar-refractivity contribution in [3.63, 3.8) is 0 Å². The van der Waals surface area contributed by atoms with E-state index in [0.29, 0.717) is 12.1 Å². The Hall–Kier alpha value is -3.17. The van der Waals surface area contributed by atoms with Crippen molar-refractivity contribution in [3.05, 3.63) is 76.6 Å². The highest BCUT2D eigenvalue weighted by atomic mass is 32.1. The Labute approximate surface area is 143 Å². The molecule has 0 radical (unpaired) electrons. The minimum Gasteiger partial charge on any atom is -0.463 e. The van der Waals surface area contributed by atoms with Gasteiger partial charge in [-0.1, -0.05) is 18.2 Å². The van der Waals surface area contributed by atoms with E-state index in [1.54, 1.807) is 35.4 Å². The van der Waals surface area contributed by atoms with Crippen molar-refractivity contribution in [1.82, 2.24) is 4.68 Å². The SMILES string of the molecule is C=CCN=c1scc(-c2ccco2)n1N=Cc1ccc(C#N)cc1. The van der Waals surface area contributed by atoms with E-state index in [2.05, 4.69) is 22.7 Å². The topological polar surface area (TPSA) is 66.6 Å². The number of hydrogen-bond acceptors (Lipinski definition) is 5. The number of nitriles is 1. The Bertz CT molecular complexity index is 954. The lowest BCUT2D eigenvalue weighted by atomic mass is 10.2. The molecule has 0 amide bonds. The molecule has 1 aromatic carbocycles. The minimum absolute atomic E-state index is 0.518. The highest BCUT2D eigenvalue weighted by Gasteiger charge is 2.09. The fraction of sp³-hybridized carbons (Fsp3) is 0.0556. The van der Waals surface area contributed by atoms with Gasteiger partial charge in [0, 0.05) is 5.38 Å². The van der Waals surface area contributed by atoms with Crippen molar-refractivity contribution < 1.29 is 4.42 Å². The average Bonchev–Trinajstić information content (AvgIpc) is 3.28. The number of rotatable bonds is 5. The van der Waals surface area contributed by atoms with Crippen LogP contribution in [-0.4, -0.2) is 17.4 Å². The lowest BCUT2D eigenvalue weighted by molar-refractivity contribution is 0.575. The quantitative estimate of drug-likeness (QED) is 0.528. The summed E-state index contributed by atoms with van der Waals surface area (Å²) in [7, 11) is 0. The van der Waals surface area contributed by atoms with Crippen molar-refractivity contribution in [2.24, 2.45) is 10.1 Å². The second-order valence-electron chi connectivity index (χ2n) is 4.80. The Morgan fingerprint density at radius 3 is 2.79 bits per heavy atom. The summed E-state index contributed by atoms with van der Waals surface area (Å²) in [5, 5.41) is 15.3. The van der Waals surface area contributed by atoms with Crippen molar-refractivity contribution in [2.45, 2.75) is 0 Å². The summed E-state index contributed by atoms with van der Waals surface area (Å²) in [5.74, 6) is 0.725. The molecule has 5 nitrogen and oxygen atoms in total. The van der Waals surface area contributed by atoms with Crippen LogP contribution in [0.4, 0.5) is 0 Å². The molecule has 0 spiro atoms. The van der Waals surface area contributed by atoms with Crippen LogP contribution in [-0.2, 0) is 0 Å². The van der Waals surface area contributed by atoms with Crippen LogP contribution in [0.15, 0.2) is 75.2 Å². The number of thiazole rings is 1. The largest absolute Gasteiger partial charge is 0.463 e. The zero-order valence-electron chi connectivity index (χ0n) is 12.8. The molecular formula is C18H14N4OS. The van der Waals surface area contributed by atoms with Crippen molar-refractivity contribution in [1.29, 1.82) is 5.26 Å². The van der Waals surface area contributed by atoms with Crippen molar-refractivity contribution in [2.75, 3.05) is 6.54 Å². The van der Waals surface area contributed by atoms with Crippen LogP contribution in [0.2, 0.25) is 0 Å². The molecule has 0 fully saturated rings. The second kappa shape index (κ2) is 7.40. The van der Waals surface area contributed by atoms with E-state index in [4.69, 9.17) is 9.68 Å². The molecule has 3 aromatic rings. The Kier molecular flexibility index (Phi) is 4.84. The number of aromatic nitrogens is 1. The van der Waals surface area contributed by atoms with E-state index >= 15 is 0 Å². The van der Waals surface area contributed by atoms with E-state index in [1.165, 1.54) is 11.3 Å². The first-order chi connectivity index (χ1) is 11.8. The van der Waals surface area contributed by atoms with Gasteiger partial charge < -0.3 is 4.42 Å². The molecule has 6 heteroatoms. The molecule has 0 atom stereocenters. The predicted molar refractivity (Wildman–Crippen MR) is 94.8 cm³/mol. The number of benzene rings is 1. The van der Waals surface area contributed by atoms with Gasteiger partial charge in [-0.2, -0.15) is 10.4 Å². The fourth-order valence-electron chi connectivity index (χ4n) is 2.02. The van der Waals surface area contributed by atoms with Crippen molar-refractivity contribution >= 4 is 17.6 Å². The van der Waals surface area contributed by atoms with Crippen LogP contribution < -0.4 is 4.80 Å². The molecule has 24 heavy (non-hydrogen) atoms. The molecule has 118 valence electrons. The first kappa shape index (κ1) is 15.7. The van der Waals surface area contributed by atoms with E-state index in [0.717, 1.165) is 21.8 Å². The van der Waals surface area contributed by atoms with Gasteiger partial charge in [0.2, 0.25) is 4.80 Å². The van der Waals surface area contributed by atoms with E-state index in [1.807, 2.05) is 29.6 Å². The maximum absolute atomic E-state index is 8.85. The van der Waals surface area contributed by atoms with Crippen LogP contribution in [0.5, 0.6) is 0 Å². The van der Waals surface area contributed by atoms with Crippen LogP contribution in [0.25, 0.3) is 11.5 Å². The third-order valence-electron chi connectivity index (χ3n) is 3.18. The molecule has 2 heterocycles. The van der Waals surface area contributed by atoms with E-state index in [-0.39, 0.29) is 0 Å². The van der Waals surface area contributed by atoms with Gasteiger partial charge in [-0.3, -0.25) is 4.99 Å². The predicted octanol–water partition coefficient (Wildman–Crippen LogP) is 3.65. The van der Waals surface area contributed by atoms with Gasteiger partial charge in [-0.25, -0.2) is 4.68 Å². The van der Waals surface area contributed by atoms with Gasteiger partial charge in [-0.15, -0.1) is 17.9 Å². The van der Waals surface area contributed by atoms with Gasteiger partial charge in [0.15, 0.2) is 5.76 Å². The van der Waals surface area contributed by atoms with Gasteiger partial charge in [0.25, 0.3) is 0 Å². The molecule has 0 unspecified atom stereocenters. The maximum atomic E-state index is 8.85. The summed E-state index contributed by atoms with van der Waals surface area (Å²) in [5.41, 5.74) is 2.35. The highest BCUT2D eigenvalue weighted by molar-refractivity contribution is 7.07. The van der Waals surface area contributed by atoms with Gasteiger partial charge >= 0.3 is 0 Å². The molecule has 0 bridgehead atoms. The van der Waals surface area contributed by atoms with Gasteiger partial charge in [0.1, 0.15) is 5.69 Å². The van der Waals surface area contributed by atoms with Gasteiger partial charge in [0.05, 0.1) is 30.7 Å². The first-order valence-electron chi connectivity index (χ1n) is 7.22. The molecule has 0 aliphatic carbocycles. The molecule has 0 saturated heterocycles. The van der Waals surface area contributed by atoms with Crippen LogP contribution in [0.1, 0.15) is 11.1 Å². The summed E-state index contributed by atoms with van der Waals surface area (Å²) in [4.78, 5) is 5.22. The maximum Gasteiger partial charge on any atom is 0.206 e. The molecule has 2 aromatic heterocycles. The summed E-state index contributed by atoms with van der Waals surface area (Å²) in [6.45, 7) is 4.21. The Morgan fingerprint density at radius 1 is 1.29 bits per heavy atom. The monoisotopic (exact) mass is 334 g/mol. The van der Waals surface area contributed by atoms with Crippen LogP contribution in [0, 0.1) is 11.3 Å². The van der Waals surface area contributed by atoms with Crippen LogP contribution in [0.3, 0.4) is 0 Å². The lowest BCUT2D eigenvalue weighted by Gasteiger charge is -2.00. The number of furan rings is 1. The summed E-state index contributed by atoms with van der Waals surface area (Å²) >= 11 is 1.49. The standard InChI is InChI=1S/C18H14N4OS/c1-2-9-20-18-22(16(13-24-18)17-4-3-10-23-17)21-12-15-7-5-14(11-19)6-8-15/h2-8,10,12-13H,1,9H2. The summed E-state index contributed by atoms with van der Waals surface area (Å²) in [6, 6.07) is 13.0. The third kappa shape index (κ3) is 3.42. The van der Waals surface area contributed by atoms with E-state index in [9.17, 15) is 0 Å². The van der Waals surface area contributed by atoms with Crippen LogP contribution >= 0.6 is 11.3 Å². The minimum atomic E-state index is 0.518. The second-order valence-corrected chi connectivity index (χ2v) is 5.64. The average molecular weight is 334 g/mol. The molecule has 0 aliphatic rings. The first-order valence-corrected chi connectivity index (χ1v) is 8.10. The summed E-state index contributed by atoms with van der Waals surface area (Å²) < 4.78 is 7.22. The van der Waals surface area contributed by atoms with Crippen molar-refractivity contribution in [3.8, 4) is 17.5 Å². The number of nitrogens with zero attached hydrogens (tertiary/aromatic N) is 4. The lowest BCUT2D eigenvalue weighted by Crippen LogP contribution is -2.12. The molecule has 0 saturated carbocycles. The Morgan fingerprint density at radius 2 is 2.12 bits per heavy atom. The van der Waals surface area contributed by atoms with Gasteiger partial charge in [-0.05, 0) is 29.8 Å². The Balaban J connectivity index is 2.01. The van der Waals surface area contributed by atoms with E-state index < -0.39 is 0 Å². The molecule has 0 N–H and O–H groups in total. The molecule has 0 aliphatic heterocycles. The smallest absolute Gasteiger partial charge is 0.206 e. The zero-order valence-corrected chi connectivity index (χ0v) is 13.6. The third-order valence-corrected chi connectivity index (χ3v) is 4.03.